The molecule has 0 unspecified atom stereocenters. The van der Waals surface area contributed by atoms with Crippen LogP contribution in [-0.4, -0.2) is 11.1 Å². The first-order valence-corrected chi connectivity index (χ1v) is 3.59. The van der Waals surface area contributed by atoms with Crippen LogP contribution in [0.5, 0.6) is 0 Å². The van der Waals surface area contributed by atoms with Crippen LogP contribution in [0.2, 0.25) is 0 Å². The molecule has 0 fully saturated rings. The molecule has 1 aromatic carbocycles. The van der Waals surface area contributed by atoms with Gasteiger partial charge in [0.15, 0.2) is 0 Å². The third-order valence-electron chi connectivity index (χ3n) is 1.17. The molecular formula is C7H5BrClFO2. The SMILES string of the molecule is Cl.O=C(O)c1ccc(Br)c(F)c1. The summed E-state index contributed by atoms with van der Waals surface area (Å²) in [6.45, 7) is 0. The van der Waals surface area contributed by atoms with Crippen molar-refractivity contribution in [2.75, 3.05) is 0 Å². The highest BCUT2D eigenvalue weighted by molar-refractivity contribution is 9.10. The van der Waals surface area contributed by atoms with Crippen molar-refractivity contribution >= 4 is 34.3 Å². The fraction of sp³-hybridized carbons (Fsp3) is 0. The zero-order valence-corrected chi connectivity index (χ0v) is 8.15. The molecule has 0 radical (unpaired) electrons. The molecule has 0 saturated heterocycles. The Kier molecular flexibility index (Phi) is 4.20. The van der Waals surface area contributed by atoms with Crippen LogP contribution < -0.4 is 0 Å². The van der Waals surface area contributed by atoms with Gasteiger partial charge in [-0.3, -0.25) is 0 Å². The highest BCUT2D eigenvalue weighted by Gasteiger charge is 2.05. The van der Waals surface area contributed by atoms with E-state index in [1.165, 1.54) is 12.1 Å². The van der Waals surface area contributed by atoms with Gasteiger partial charge < -0.3 is 5.11 Å². The molecule has 0 spiro atoms. The second-order valence-corrected chi connectivity index (χ2v) is 2.79. The molecule has 1 aromatic rings. The van der Waals surface area contributed by atoms with Crippen LogP contribution in [0.4, 0.5) is 4.39 Å². The number of hydrogen-bond donors (Lipinski definition) is 1. The standard InChI is InChI=1S/C7H4BrFO2.ClH/c8-5-2-1-4(7(10)11)3-6(5)9;/h1-3H,(H,10,11);1H. The number of aromatic carboxylic acids is 1. The van der Waals surface area contributed by atoms with Crippen molar-refractivity contribution in [2.45, 2.75) is 0 Å². The molecule has 0 bridgehead atoms. The average Bonchev–Trinajstić information content (AvgIpc) is 1.94. The Hall–Kier alpha value is -0.610. The Balaban J connectivity index is 0.00000121. The summed E-state index contributed by atoms with van der Waals surface area (Å²) >= 11 is 2.91. The number of carboxylic acid groups (broad SMARTS) is 1. The van der Waals surface area contributed by atoms with Gasteiger partial charge in [0.25, 0.3) is 0 Å². The van der Waals surface area contributed by atoms with Crippen molar-refractivity contribution in [1.82, 2.24) is 0 Å². The van der Waals surface area contributed by atoms with E-state index in [1.807, 2.05) is 0 Å². The maximum atomic E-state index is 12.6. The van der Waals surface area contributed by atoms with Crippen molar-refractivity contribution < 1.29 is 14.3 Å². The molecule has 2 nitrogen and oxygen atoms in total. The summed E-state index contributed by atoms with van der Waals surface area (Å²) in [4.78, 5) is 10.3. The lowest BCUT2D eigenvalue weighted by Crippen LogP contribution is -1.96. The molecule has 0 aliphatic rings. The maximum Gasteiger partial charge on any atom is 0.335 e. The number of halogens is 3. The van der Waals surface area contributed by atoms with Crippen molar-refractivity contribution in [2.24, 2.45) is 0 Å². The first-order chi connectivity index (χ1) is 5.11. The van der Waals surface area contributed by atoms with Crippen LogP contribution in [0.15, 0.2) is 22.7 Å². The Morgan fingerprint density at radius 3 is 2.50 bits per heavy atom. The predicted octanol–water partition coefficient (Wildman–Crippen LogP) is 2.71. The number of carbonyl (C=O) groups is 1. The number of rotatable bonds is 1. The van der Waals surface area contributed by atoms with Gasteiger partial charge in [-0.1, -0.05) is 0 Å². The third-order valence-corrected chi connectivity index (χ3v) is 1.81. The summed E-state index contributed by atoms with van der Waals surface area (Å²) < 4.78 is 12.9. The first-order valence-electron chi connectivity index (χ1n) is 2.79. The molecular weight excluding hydrogens is 250 g/mol. The van der Waals surface area contributed by atoms with E-state index in [-0.39, 0.29) is 22.4 Å². The molecule has 0 aliphatic heterocycles. The Morgan fingerprint density at radius 2 is 2.08 bits per heavy atom. The summed E-state index contributed by atoms with van der Waals surface area (Å²) in [6.07, 6.45) is 0. The van der Waals surface area contributed by atoms with Gasteiger partial charge in [0.05, 0.1) is 10.0 Å². The van der Waals surface area contributed by atoms with Crippen LogP contribution in [0, 0.1) is 5.82 Å². The second-order valence-electron chi connectivity index (χ2n) is 1.93. The highest BCUT2D eigenvalue weighted by Crippen LogP contribution is 2.15. The minimum absolute atomic E-state index is 0. The van der Waals surface area contributed by atoms with Crippen molar-refractivity contribution in [1.29, 1.82) is 0 Å². The van der Waals surface area contributed by atoms with Gasteiger partial charge >= 0.3 is 5.97 Å². The molecule has 5 heteroatoms. The second kappa shape index (κ2) is 4.42. The summed E-state index contributed by atoms with van der Waals surface area (Å²) in [7, 11) is 0. The van der Waals surface area contributed by atoms with Gasteiger partial charge in [-0.15, -0.1) is 12.4 Å². The van der Waals surface area contributed by atoms with Gasteiger partial charge in [0.1, 0.15) is 5.82 Å². The summed E-state index contributed by atoms with van der Waals surface area (Å²) in [5.41, 5.74) is -0.0503. The number of benzene rings is 1. The Labute approximate surface area is 82.9 Å². The van der Waals surface area contributed by atoms with E-state index < -0.39 is 11.8 Å². The lowest BCUT2D eigenvalue weighted by atomic mass is 10.2. The van der Waals surface area contributed by atoms with E-state index in [4.69, 9.17) is 5.11 Å². The third kappa shape index (κ3) is 2.46. The largest absolute Gasteiger partial charge is 0.478 e. The average molecular weight is 255 g/mol. The van der Waals surface area contributed by atoms with Gasteiger partial charge in [0.2, 0.25) is 0 Å². The minimum atomic E-state index is -1.13. The predicted molar refractivity (Wildman–Crippen MR) is 48.3 cm³/mol. The smallest absolute Gasteiger partial charge is 0.335 e. The van der Waals surface area contributed by atoms with Crippen LogP contribution in [0.3, 0.4) is 0 Å². The summed E-state index contributed by atoms with van der Waals surface area (Å²) in [5, 5.41) is 8.42. The van der Waals surface area contributed by atoms with Crippen molar-refractivity contribution in [3.8, 4) is 0 Å². The Morgan fingerprint density at radius 1 is 1.50 bits per heavy atom. The monoisotopic (exact) mass is 254 g/mol. The van der Waals surface area contributed by atoms with E-state index in [9.17, 15) is 9.18 Å². The molecule has 1 rings (SSSR count). The summed E-state index contributed by atoms with van der Waals surface area (Å²) in [5.74, 6) is -1.69. The quantitative estimate of drug-likeness (QED) is 0.838. The van der Waals surface area contributed by atoms with Crippen LogP contribution in [0.25, 0.3) is 0 Å². The lowest BCUT2D eigenvalue weighted by Gasteiger charge is -1.95. The van der Waals surface area contributed by atoms with Crippen LogP contribution in [-0.2, 0) is 0 Å². The van der Waals surface area contributed by atoms with Gasteiger partial charge in [-0.05, 0) is 34.1 Å². The fourth-order valence-corrected chi connectivity index (χ4v) is 0.876. The molecule has 1 N–H and O–H groups in total. The van der Waals surface area contributed by atoms with E-state index in [1.54, 1.807) is 0 Å². The van der Waals surface area contributed by atoms with E-state index in [2.05, 4.69) is 15.9 Å². The minimum Gasteiger partial charge on any atom is -0.478 e. The number of carboxylic acids is 1. The van der Waals surface area contributed by atoms with Gasteiger partial charge in [-0.2, -0.15) is 0 Å². The van der Waals surface area contributed by atoms with Crippen LogP contribution >= 0.6 is 28.3 Å². The number of hydrogen-bond acceptors (Lipinski definition) is 1. The normalized spacial score (nSPS) is 8.83. The molecule has 0 amide bonds. The van der Waals surface area contributed by atoms with Gasteiger partial charge in [0, 0.05) is 0 Å². The summed E-state index contributed by atoms with van der Waals surface area (Å²) in [6, 6.07) is 3.65. The van der Waals surface area contributed by atoms with Gasteiger partial charge in [-0.25, -0.2) is 9.18 Å². The Bertz CT molecular complexity index is 303. The molecule has 0 aliphatic carbocycles. The van der Waals surface area contributed by atoms with E-state index in [0.29, 0.717) is 0 Å². The zero-order valence-electron chi connectivity index (χ0n) is 5.75. The molecule has 0 aromatic heterocycles. The van der Waals surface area contributed by atoms with E-state index in [0.717, 1.165) is 6.07 Å². The van der Waals surface area contributed by atoms with E-state index >= 15 is 0 Å². The molecule has 0 heterocycles. The lowest BCUT2D eigenvalue weighted by molar-refractivity contribution is 0.0696. The highest BCUT2D eigenvalue weighted by atomic mass is 79.9. The molecule has 66 valence electrons. The first kappa shape index (κ1) is 11.4. The maximum absolute atomic E-state index is 12.6. The van der Waals surface area contributed by atoms with Crippen molar-refractivity contribution in [3.63, 3.8) is 0 Å². The van der Waals surface area contributed by atoms with Crippen LogP contribution in [0.1, 0.15) is 10.4 Å². The molecule has 0 atom stereocenters. The molecule has 0 saturated carbocycles. The topological polar surface area (TPSA) is 37.3 Å². The fourth-order valence-electron chi connectivity index (χ4n) is 0.629. The zero-order chi connectivity index (χ0) is 8.43. The molecule has 12 heavy (non-hydrogen) atoms. The van der Waals surface area contributed by atoms with Crippen molar-refractivity contribution in [3.05, 3.63) is 34.1 Å².